The van der Waals surface area contributed by atoms with Crippen LogP contribution in [0, 0.1) is 0 Å². The lowest BCUT2D eigenvalue weighted by Gasteiger charge is -2.25. The number of unbranched alkanes of at least 4 members (excludes halogenated alkanes) is 1. The molecule has 0 aromatic heterocycles. The van der Waals surface area contributed by atoms with E-state index in [4.69, 9.17) is 0 Å². The van der Waals surface area contributed by atoms with E-state index in [2.05, 4.69) is 31.0 Å². The van der Waals surface area contributed by atoms with E-state index in [1.165, 1.54) is 0 Å². The molecule has 0 aliphatic heterocycles. The van der Waals surface area contributed by atoms with Gasteiger partial charge in [-0.25, -0.2) is 0 Å². The van der Waals surface area contributed by atoms with Crippen molar-refractivity contribution in [2.24, 2.45) is 0 Å². The summed E-state index contributed by atoms with van der Waals surface area (Å²) in [4.78, 5) is 28.6. The Bertz CT molecular complexity index is 524. The maximum absolute atomic E-state index is 12.7. The van der Waals surface area contributed by atoms with Crippen LogP contribution in [0.3, 0.4) is 0 Å². The maximum atomic E-state index is 12.7. The summed E-state index contributed by atoms with van der Waals surface area (Å²) in [7, 11) is 0. The molecule has 0 aliphatic carbocycles. The molecule has 5 nitrogen and oxygen atoms in total. The minimum Gasteiger partial charge on any atom is -0.338 e. The Morgan fingerprint density at radius 2 is 1.56 bits per heavy atom. The molecule has 1 rings (SSSR count). The smallest absolute Gasteiger partial charge is 0.253 e. The fraction of sp³-hybridized carbons (Fsp3) is 0.600. The molecule has 0 radical (unpaired) electrons. The first-order valence-corrected chi connectivity index (χ1v) is 9.47. The second kappa shape index (κ2) is 11.6. The van der Waals surface area contributed by atoms with Crippen molar-refractivity contribution >= 4 is 17.5 Å². The minimum atomic E-state index is 0.0235. The van der Waals surface area contributed by atoms with E-state index in [0.29, 0.717) is 18.5 Å². The van der Waals surface area contributed by atoms with E-state index in [-0.39, 0.29) is 11.8 Å². The lowest BCUT2D eigenvalue weighted by Crippen LogP contribution is -2.38. The predicted molar refractivity (Wildman–Crippen MR) is 104 cm³/mol. The van der Waals surface area contributed by atoms with Crippen molar-refractivity contribution in [3.63, 3.8) is 0 Å². The second-order valence-electron chi connectivity index (χ2n) is 6.14. The summed E-state index contributed by atoms with van der Waals surface area (Å²) in [6.07, 6.45) is 2.42. The number of carbonyl (C=O) groups is 2. The summed E-state index contributed by atoms with van der Waals surface area (Å²) in [6, 6.07) is 7.18. The molecule has 140 valence electrons. The predicted octanol–water partition coefficient (Wildman–Crippen LogP) is 3.62. The molecule has 0 bridgehead atoms. The molecule has 25 heavy (non-hydrogen) atoms. The zero-order valence-corrected chi connectivity index (χ0v) is 16.2. The highest BCUT2D eigenvalue weighted by atomic mass is 16.2. The standard InChI is InChI=1S/C20H33N3O2/c1-5-9-10-19(24)21-18-13-11-17(12-14-18)20(25)23(8-4)16-15-22(6-2)7-3/h11-14H,5-10,15-16H2,1-4H3,(H,21,24). The first-order valence-electron chi connectivity index (χ1n) is 9.47. The molecule has 0 saturated carbocycles. The number of likely N-dealkylation sites (N-methyl/N-ethyl adjacent to an activating group) is 2. The molecular weight excluding hydrogens is 314 g/mol. The Morgan fingerprint density at radius 1 is 0.920 bits per heavy atom. The maximum Gasteiger partial charge on any atom is 0.253 e. The van der Waals surface area contributed by atoms with Gasteiger partial charge in [0.25, 0.3) is 5.91 Å². The van der Waals surface area contributed by atoms with Crippen LogP contribution in [0.2, 0.25) is 0 Å². The van der Waals surface area contributed by atoms with Crippen LogP contribution in [0.4, 0.5) is 5.69 Å². The van der Waals surface area contributed by atoms with Gasteiger partial charge in [0.1, 0.15) is 0 Å². The molecule has 0 fully saturated rings. The fourth-order valence-electron chi connectivity index (χ4n) is 2.64. The molecule has 1 N–H and O–H groups in total. The SMILES string of the molecule is CCCCC(=O)Nc1ccc(C(=O)N(CC)CCN(CC)CC)cc1. The first-order chi connectivity index (χ1) is 12.0. The van der Waals surface area contributed by atoms with Gasteiger partial charge in [-0.3, -0.25) is 9.59 Å². The summed E-state index contributed by atoms with van der Waals surface area (Å²) in [5.41, 5.74) is 1.40. The van der Waals surface area contributed by atoms with Crippen LogP contribution in [0.5, 0.6) is 0 Å². The van der Waals surface area contributed by atoms with Crippen molar-refractivity contribution in [1.82, 2.24) is 9.80 Å². The van der Waals surface area contributed by atoms with Crippen LogP contribution >= 0.6 is 0 Å². The van der Waals surface area contributed by atoms with Crippen LogP contribution in [-0.2, 0) is 4.79 Å². The number of carbonyl (C=O) groups excluding carboxylic acids is 2. The molecule has 0 saturated heterocycles. The number of nitrogens with one attached hydrogen (secondary N) is 1. The number of amides is 2. The molecule has 2 amide bonds. The van der Waals surface area contributed by atoms with E-state index in [0.717, 1.165) is 44.7 Å². The summed E-state index contributed by atoms with van der Waals surface area (Å²) in [5.74, 6) is 0.0637. The van der Waals surface area contributed by atoms with Gasteiger partial charge in [-0.1, -0.05) is 27.2 Å². The first kappa shape index (κ1) is 21.2. The molecule has 5 heteroatoms. The largest absolute Gasteiger partial charge is 0.338 e. The average molecular weight is 348 g/mol. The molecule has 0 aliphatic rings. The number of hydrogen-bond donors (Lipinski definition) is 1. The highest BCUT2D eigenvalue weighted by molar-refractivity contribution is 5.95. The third-order valence-corrected chi connectivity index (χ3v) is 4.42. The van der Waals surface area contributed by atoms with Crippen molar-refractivity contribution in [3.05, 3.63) is 29.8 Å². The van der Waals surface area contributed by atoms with Crippen molar-refractivity contribution in [3.8, 4) is 0 Å². The number of benzene rings is 1. The van der Waals surface area contributed by atoms with Crippen LogP contribution in [0.1, 0.15) is 57.3 Å². The van der Waals surface area contributed by atoms with Gasteiger partial charge in [0.05, 0.1) is 0 Å². The lowest BCUT2D eigenvalue weighted by atomic mass is 10.1. The Hall–Kier alpha value is -1.88. The molecule has 0 atom stereocenters. The Balaban J connectivity index is 2.63. The Labute approximate surface area is 152 Å². The van der Waals surface area contributed by atoms with Crippen LogP contribution in [-0.4, -0.2) is 54.3 Å². The molecule has 0 heterocycles. The number of hydrogen-bond acceptors (Lipinski definition) is 3. The van der Waals surface area contributed by atoms with Crippen molar-refractivity contribution in [2.75, 3.05) is 38.0 Å². The molecule has 0 spiro atoms. The van der Waals surface area contributed by atoms with Gasteiger partial charge in [0, 0.05) is 37.3 Å². The van der Waals surface area contributed by atoms with Gasteiger partial charge in [-0.15, -0.1) is 0 Å². The van der Waals surface area contributed by atoms with Gasteiger partial charge >= 0.3 is 0 Å². The van der Waals surface area contributed by atoms with Gasteiger partial charge in [0.2, 0.25) is 5.91 Å². The van der Waals surface area contributed by atoms with Gasteiger partial charge in [-0.2, -0.15) is 0 Å². The van der Waals surface area contributed by atoms with Gasteiger partial charge in [-0.05, 0) is 50.7 Å². The zero-order chi connectivity index (χ0) is 18.7. The quantitative estimate of drug-likeness (QED) is 0.665. The summed E-state index contributed by atoms with van der Waals surface area (Å²) >= 11 is 0. The third kappa shape index (κ3) is 7.26. The molecule has 0 unspecified atom stereocenters. The normalized spacial score (nSPS) is 10.8. The lowest BCUT2D eigenvalue weighted by molar-refractivity contribution is -0.116. The highest BCUT2D eigenvalue weighted by Gasteiger charge is 2.15. The van der Waals surface area contributed by atoms with Crippen molar-refractivity contribution in [2.45, 2.75) is 47.0 Å². The van der Waals surface area contributed by atoms with E-state index >= 15 is 0 Å². The van der Waals surface area contributed by atoms with E-state index in [1.807, 2.05) is 11.8 Å². The molecule has 1 aromatic rings. The summed E-state index contributed by atoms with van der Waals surface area (Å²) < 4.78 is 0. The molecule has 1 aromatic carbocycles. The summed E-state index contributed by atoms with van der Waals surface area (Å²) in [5, 5.41) is 2.87. The van der Waals surface area contributed by atoms with Crippen LogP contribution in [0.25, 0.3) is 0 Å². The Morgan fingerprint density at radius 3 is 2.08 bits per heavy atom. The van der Waals surface area contributed by atoms with Crippen molar-refractivity contribution in [1.29, 1.82) is 0 Å². The fourth-order valence-corrected chi connectivity index (χ4v) is 2.64. The minimum absolute atomic E-state index is 0.0235. The third-order valence-electron chi connectivity index (χ3n) is 4.42. The highest BCUT2D eigenvalue weighted by Crippen LogP contribution is 2.12. The topological polar surface area (TPSA) is 52.7 Å². The van der Waals surface area contributed by atoms with E-state index in [9.17, 15) is 9.59 Å². The molecular formula is C20H33N3O2. The second-order valence-corrected chi connectivity index (χ2v) is 6.14. The van der Waals surface area contributed by atoms with Gasteiger partial charge in [0.15, 0.2) is 0 Å². The Kier molecular flexibility index (Phi) is 9.85. The average Bonchev–Trinajstić information content (AvgIpc) is 2.64. The number of rotatable bonds is 11. The monoisotopic (exact) mass is 347 g/mol. The van der Waals surface area contributed by atoms with Crippen LogP contribution < -0.4 is 5.32 Å². The number of nitrogens with zero attached hydrogens (tertiary/aromatic N) is 2. The summed E-state index contributed by atoms with van der Waals surface area (Å²) in [6.45, 7) is 12.6. The van der Waals surface area contributed by atoms with Crippen LogP contribution in [0.15, 0.2) is 24.3 Å². The van der Waals surface area contributed by atoms with Gasteiger partial charge < -0.3 is 15.1 Å². The van der Waals surface area contributed by atoms with E-state index in [1.54, 1.807) is 24.3 Å². The number of anilines is 1. The zero-order valence-electron chi connectivity index (χ0n) is 16.2. The van der Waals surface area contributed by atoms with Crippen molar-refractivity contribution < 1.29 is 9.59 Å². The van der Waals surface area contributed by atoms with E-state index < -0.39 is 0 Å².